The number of ether oxygens (including phenoxy) is 1. The maximum atomic E-state index is 11.5. The topological polar surface area (TPSA) is 50.4 Å². The predicted octanol–water partition coefficient (Wildman–Crippen LogP) is 1.06. The molecule has 2 fully saturated rings. The minimum absolute atomic E-state index is 0.134. The summed E-state index contributed by atoms with van der Waals surface area (Å²) in [5.74, 6) is 0.911. The van der Waals surface area contributed by atoms with E-state index in [-0.39, 0.29) is 11.9 Å². The fourth-order valence-corrected chi connectivity index (χ4v) is 2.48. The molecule has 2 aliphatic rings. The summed E-state index contributed by atoms with van der Waals surface area (Å²) in [5, 5.41) is 6.38. The molecular formula is C13H24N2O2. The fraction of sp³-hybridized carbons (Fsp3) is 0.923. The van der Waals surface area contributed by atoms with Crippen LogP contribution in [0.1, 0.15) is 39.5 Å². The van der Waals surface area contributed by atoms with Gasteiger partial charge in [-0.25, -0.2) is 0 Å². The first kappa shape index (κ1) is 12.8. The highest BCUT2D eigenvalue weighted by atomic mass is 16.5. The molecule has 0 aromatic carbocycles. The van der Waals surface area contributed by atoms with E-state index in [1.807, 2.05) is 13.8 Å². The lowest BCUT2D eigenvalue weighted by Gasteiger charge is -2.19. The van der Waals surface area contributed by atoms with Gasteiger partial charge in [0.1, 0.15) is 0 Å². The Morgan fingerprint density at radius 1 is 1.35 bits per heavy atom. The molecule has 4 nitrogen and oxygen atoms in total. The number of nitrogens with one attached hydrogen (secondary N) is 2. The van der Waals surface area contributed by atoms with Crippen LogP contribution in [0.25, 0.3) is 0 Å². The Morgan fingerprint density at radius 2 is 2.12 bits per heavy atom. The lowest BCUT2D eigenvalue weighted by atomic mass is 10.1. The van der Waals surface area contributed by atoms with Crippen molar-refractivity contribution in [3.05, 3.63) is 0 Å². The highest BCUT2D eigenvalue weighted by molar-refractivity contribution is 5.76. The van der Waals surface area contributed by atoms with E-state index >= 15 is 0 Å². The van der Waals surface area contributed by atoms with Gasteiger partial charge in [-0.3, -0.25) is 4.79 Å². The summed E-state index contributed by atoms with van der Waals surface area (Å²) in [6, 6.07) is 0.700. The van der Waals surface area contributed by atoms with E-state index in [2.05, 4.69) is 10.6 Å². The molecule has 1 aliphatic carbocycles. The summed E-state index contributed by atoms with van der Waals surface area (Å²) in [5.41, 5.74) is 0. The Kier molecular flexibility index (Phi) is 4.40. The molecule has 0 radical (unpaired) electrons. The van der Waals surface area contributed by atoms with Gasteiger partial charge in [0.15, 0.2) is 0 Å². The van der Waals surface area contributed by atoms with Gasteiger partial charge in [0, 0.05) is 31.7 Å². The van der Waals surface area contributed by atoms with Crippen LogP contribution in [0.4, 0.5) is 0 Å². The Morgan fingerprint density at radius 3 is 2.76 bits per heavy atom. The van der Waals surface area contributed by atoms with E-state index in [9.17, 15) is 4.79 Å². The molecule has 2 N–H and O–H groups in total. The summed E-state index contributed by atoms with van der Waals surface area (Å²) in [4.78, 5) is 11.5. The van der Waals surface area contributed by atoms with Gasteiger partial charge in [0.25, 0.3) is 0 Å². The lowest BCUT2D eigenvalue weighted by molar-refractivity contribution is -0.121. The van der Waals surface area contributed by atoms with E-state index in [0.717, 1.165) is 25.5 Å². The molecule has 2 atom stereocenters. The van der Waals surface area contributed by atoms with Gasteiger partial charge in [0.05, 0.1) is 6.10 Å². The number of hydrogen-bond donors (Lipinski definition) is 2. The molecule has 17 heavy (non-hydrogen) atoms. The molecule has 1 heterocycles. The predicted molar refractivity (Wildman–Crippen MR) is 66.8 cm³/mol. The summed E-state index contributed by atoms with van der Waals surface area (Å²) >= 11 is 0. The largest absolute Gasteiger partial charge is 0.376 e. The monoisotopic (exact) mass is 240 g/mol. The van der Waals surface area contributed by atoms with Crippen molar-refractivity contribution in [3.63, 3.8) is 0 Å². The average Bonchev–Trinajstić information content (AvgIpc) is 2.98. The Balaban J connectivity index is 1.62. The number of hydrogen-bond acceptors (Lipinski definition) is 3. The molecule has 0 spiro atoms. The zero-order chi connectivity index (χ0) is 12.3. The quantitative estimate of drug-likeness (QED) is 0.730. The Hall–Kier alpha value is -0.610. The highest BCUT2D eigenvalue weighted by Crippen LogP contribution is 2.38. The van der Waals surface area contributed by atoms with Crippen LogP contribution in [0, 0.1) is 5.92 Å². The van der Waals surface area contributed by atoms with Gasteiger partial charge >= 0.3 is 0 Å². The third-order valence-electron chi connectivity index (χ3n) is 3.43. The second-order valence-corrected chi connectivity index (χ2v) is 5.49. The van der Waals surface area contributed by atoms with Crippen LogP contribution in [0.2, 0.25) is 0 Å². The SMILES string of the molecule is CC(C)NC(=O)CCNC1CCOC1C1CC1. The number of amides is 1. The second kappa shape index (κ2) is 5.83. The number of carbonyl (C=O) groups excluding carboxylic acids is 1. The molecule has 1 amide bonds. The van der Waals surface area contributed by atoms with Crippen molar-refractivity contribution in [1.29, 1.82) is 0 Å². The molecule has 0 aromatic rings. The summed E-state index contributed by atoms with van der Waals surface area (Å²) in [6.45, 7) is 5.60. The van der Waals surface area contributed by atoms with Crippen molar-refractivity contribution in [2.45, 2.75) is 57.7 Å². The van der Waals surface area contributed by atoms with Crippen molar-refractivity contribution in [1.82, 2.24) is 10.6 Å². The fourth-order valence-electron chi connectivity index (χ4n) is 2.48. The number of rotatable bonds is 6. The van der Waals surface area contributed by atoms with Crippen LogP contribution in [0.5, 0.6) is 0 Å². The number of carbonyl (C=O) groups is 1. The van der Waals surface area contributed by atoms with Crippen molar-refractivity contribution in [3.8, 4) is 0 Å². The van der Waals surface area contributed by atoms with Crippen LogP contribution in [0.3, 0.4) is 0 Å². The van der Waals surface area contributed by atoms with Crippen molar-refractivity contribution < 1.29 is 9.53 Å². The zero-order valence-corrected chi connectivity index (χ0v) is 10.9. The van der Waals surface area contributed by atoms with Crippen LogP contribution in [0.15, 0.2) is 0 Å². The minimum atomic E-state index is 0.134. The van der Waals surface area contributed by atoms with Gasteiger partial charge in [-0.1, -0.05) is 0 Å². The van der Waals surface area contributed by atoms with Crippen LogP contribution >= 0.6 is 0 Å². The molecule has 1 saturated carbocycles. The molecule has 4 heteroatoms. The summed E-state index contributed by atoms with van der Waals surface area (Å²) in [6.07, 6.45) is 4.69. The van der Waals surface area contributed by atoms with E-state index < -0.39 is 0 Å². The van der Waals surface area contributed by atoms with Gasteiger partial charge < -0.3 is 15.4 Å². The summed E-state index contributed by atoms with van der Waals surface area (Å²) < 4.78 is 5.75. The molecule has 2 rings (SSSR count). The van der Waals surface area contributed by atoms with Crippen molar-refractivity contribution in [2.24, 2.45) is 5.92 Å². The van der Waals surface area contributed by atoms with Crippen LogP contribution < -0.4 is 10.6 Å². The van der Waals surface area contributed by atoms with Crippen molar-refractivity contribution >= 4 is 5.91 Å². The molecule has 98 valence electrons. The summed E-state index contributed by atoms with van der Waals surface area (Å²) in [7, 11) is 0. The van der Waals surface area contributed by atoms with E-state index in [1.165, 1.54) is 12.8 Å². The molecule has 0 aromatic heterocycles. The highest BCUT2D eigenvalue weighted by Gasteiger charge is 2.40. The molecule has 1 saturated heterocycles. The Labute approximate surface area is 103 Å². The van der Waals surface area contributed by atoms with E-state index in [4.69, 9.17) is 4.74 Å². The standard InChI is InChI=1S/C13H24N2O2/c1-9(2)15-12(16)5-7-14-11-6-8-17-13(11)10-3-4-10/h9-11,13-14H,3-8H2,1-2H3,(H,15,16). The van der Waals surface area contributed by atoms with Gasteiger partial charge in [-0.2, -0.15) is 0 Å². The zero-order valence-electron chi connectivity index (χ0n) is 10.9. The molecule has 2 unspecified atom stereocenters. The second-order valence-electron chi connectivity index (χ2n) is 5.49. The Bertz CT molecular complexity index is 264. The third-order valence-corrected chi connectivity index (χ3v) is 3.43. The van der Waals surface area contributed by atoms with E-state index in [0.29, 0.717) is 18.6 Å². The average molecular weight is 240 g/mol. The smallest absolute Gasteiger partial charge is 0.221 e. The van der Waals surface area contributed by atoms with Crippen LogP contribution in [-0.2, 0) is 9.53 Å². The van der Waals surface area contributed by atoms with Crippen molar-refractivity contribution in [2.75, 3.05) is 13.2 Å². The normalized spacial score (nSPS) is 28.6. The first-order valence-electron chi connectivity index (χ1n) is 6.81. The molecular weight excluding hydrogens is 216 g/mol. The third kappa shape index (κ3) is 3.96. The van der Waals surface area contributed by atoms with E-state index in [1.54, 1.807) is 0 Å². The first-order valence-corrected chi connectivity index (χ1v) is 6.81. The minimum Gasteiger partial charge on any atom is -0.376 e. The molecule has 0 bridgehead atoms. The van der Waals surface area contributed by atoms with Crippen LogP contribution in [-0.4, -0.2) is 37.2 Å². The molecule has 1 aliphatic heterocycles. The maximum Gasteiger partial charge on any atom is 0.221 e. The maximum absolute atomic E-state index is 11.5. The van der Waals surface area contributed by atoms with Gasteiger partial charge in [-0.15, -0.1) is 0 Å². The van der Waals surface area contributed by atoms with Gasteiger partial charge in [-0.05, 0) is 39.0 Å². The lowest BCUT2D eigenvalue weighted by Crippen LogP contribution is -2.40. The van der Waals surface area contributed by atoms with Gasteiger partial charge in [0.2, 0.25) is 5.91 Å². The first-order chi connectivity index (χ1) is 8.16.